The highest BCUT2D eigenvalue weighted by molar-refractivity contribution is 7.92. The summed E-state index contributed by atoms with van der Waals surface area (Å²) >= 11 is 13.2. The maximum atomic E-state index is 11.9. The number of aromatic nitrogens is 2. The van der Waals surface area contributed by atoms with Crippen LogP contribution in [0.2, 0.25) is 10.0 Å². The van der Waals surface area contributed by atoms with Crippen LogP contribution in [0.3, 0.4) is 0 Å². The number of sulfonamides is 1. The van der Waals surface area contributed by atoms with Crippen LogP contribution in [0.4, 0.5) is 11.8 Å². The van der Waals surface area contributed by atoms with Crippen LogP contribution < -0.4 is 24.4 Å². The number of halogens is 2. The topological polar surface area (TPSA) is 126 Å². The van der Waals surface area contributed by atoms with Crippen molar-refractivity contribution in [3.05, 3.63) is 45.4 Å². The fourth-order valence-corrected chi connectivity index (χ4v) is 5.96. The molecule has 1 saturated carbocycles. The van der Waals surface area contributed by atoms with E-state index in [0.717, 1.165) is 18.2 Å². The summed E-state index contributed by atoms with van der Waals surface area (Å²) in [7, 11) is 1.07. The third kappa shape index (κ3) is 4.98. The van der Waals surface area contributed by atoms with Gasteiger partial charge in [0, 0.05) is 53.5 Å². The molecule has 1 aromatic carbocycles. The number of benzene rings is 1. The second-order valence-electron chi connectivity index (χ2n) is 8.46. The van der Waals surface area contributed by atoms with Gasteiger partial charge in [0.2, 0.25) is 16.0 Å². The predicted molar refractivity (Wildman–Crippen MR) is 141 cm³/mol. The molecule has 0 saturated heterocycles. The summed E-state index contributed by atoms with van der Waals surface area (Å²) in [6.07, 6.45) is 4.48. The minimum atomic E-state index is -3.56. The molecular formula is C23H27Cl2N5O5S. The maximum absolute atomic E-state index is 11.9. The van der Waals surface area contributed by atoms with Crippen LogP contribution in [0.5, 0.6) is 11.5 Å². The Bertz CT molecular complexity index is 1290. The molecule has 0 bridgehead atoms. The molecule has 1 aliphatic heterocycles. The van der Waals surface area contributed by atoms with Crippen LogP contribution in [0.1, 0.15) is 30.4 Å². The monoisotopic (exact) mass is 555 g/mol. The average molecular weight is 556 g/mol. The van der Waals surface area contributed by atoms with Gasteiger partial charge in [0.25, 0.3) is 0 Å². The summed E-state index contributed by atoms with van der Waals surface area (Å²) in [5.74, 6) is 1.50. The largest absolute Gasteiger partial charge is 0.495 e. The summed E-state index contributed by atoms with van der Waals surface area (Å²) in [4.78, 5) is 10.6. The van der Waals surface area contributed by atoms with Crippen molar-refractivity contribution in [1.82, 2.24) is 14.7 Å². The summed E-state index contributed by atoms with van der Waals surface area (Å²) in [6, 6.07) is 1.08. The molecule has 0 radical (unpaired) electrons. The van der Waals surface area contributed by atoms with E-state index in [-0.39, 0.29) is 22.1 Å². The number of hydrogen-bond acceptors (Lipinski definition) is 9. The number of anilines is 2. The van der Waals surface area contributed by atoms with Gasteiger partial charge in [-0.3, -0.25) is 0 Å². The van der Waals surface area contributed by atoms with Crippen LogP contribution in [-0.4, -0.2) is 63.1 Å². The molecule has 13 heteroatoms. The van der Waals surface area contributed by atoms with Crippen LogP contribution in [0, 0.1) is 0 Å². The Kier molecular flexibility index (Phi) is 7.67. The second kappa shape index (κ2) is 10.4. The number of aliphatic hydroxyl groups is 1. The molecule has 2 aromatic rings. The number of fused-ring (bicyclic) bond motifs is 1. The van der Waals surface area contributed by atoms with Crippen LogP contribution in [0.25, 0.3) is 11.6 Å². The molecule has 2 aliphatic rings. The number of methoxy groups -OCH3 is 2. The summed E-state index contributed by atoms with van der Waals surface area (Å²) in [6.45, 7) is 3.34. The van der Waals surface area contributed by atoms with Gasteiger partial charge in [-0.2, -0.15) is 4.98 Å². The zero-order valence-corrected chi connectivity index (χ0v) is 22.3. The highest BCUT2D eigenvalue weighted by Crippen LogP contribution is 2.47. The van der Waals surface area contributed by atoms with Gasteiger partial charge in [-0.25, -0.2) is 18.1 Å². The lowest BCUT2D eigenvalue weighted by atomic mass is 9.97. The molecule has 36 heavy (non-hydrogen) atoms. The molecule has 10 nitrogen and oxygen atoms in total. The number of likely N-dealkylation sites (N-methyl/N-ethyl adjacent to an activating group) is 1. The zero-order chi connectivity index (χ0) is 26.2. The smallest absolute Gasteiger partial charge is 0.233 e. The standard InChI is InChI=1S/C23H27Cl2N5O5S/c1-5-36(32,33)29-15-8-6-7-14(15)27-23-26-11-12-9-13(22(31)30(2)21(12)28-23)18-19(24)16(34-3)10-17(35-4)20(18)25/h5,9-11,14-15,22,29,31H,1,6-8H2,2-4H3,(H,26,27,28)/t14-,15+,22?/m1/s1. The molecule has 4 rings (SSSR count). The molecule has 1 aliphatic carbocycles. The Morgan fingerprint density at radius 3 is 2.44 bits per heavy atom. The summed E-state index contributed by atoms with van der Waals surface area (Å²) in [5, 5.41) is 15.8. The molecule has 0 spiro atoms. The molecule has 3 atom stereocenters. The van der Waals surface area contributed by atoms with Crippen molar-refractivity contribution < 1.29 is 23.0 Å². The van der Waals surface area contributed by atoms with Gasteiger partial charge in [0.15, 0.2) is 6.23 Å². The number of aliphatic hydroxyl groups excluding tert-OH is 1. The van der Waals surface area contributed by atoms with E-state index in [0.29, 0.717) is 46.4 Å². The Balaban J connectivity index is 1.68. The first kappa shape index (κ1) is 26.5. The number of nitrogens with one attached hydrogen (secondary N) is 2. The third-order valence-electron chi connectivity index (χ3n) is 6.31. The third-order valence-corrected chi connectivity index (χ3v) is 8.13. The van der Waals surface area contributed by atoms with Crippen molar-refractivity contribution in [2.24, 2.45) is 0 Å². The number of ether oxygens (including phenoxy) is 2. The van der Waals surface area contributed by atoms with E-state index in [9.17, 15) is 13.5 Å². The Morgan fingerprint density at radius 1 is 1.19 bits per heavy atom. The van der Waals surface area contributed by atoms with Gasteiger partial charge < -0.3 is 24.8 Å². The highest BCUT2D eigenvalue weighted by Gasteiger charge is 2.33. The molecule has 1 unspecified atom stereocenters. The van der Waals surface area contributed by atoms with Gasteiger partial charge in [-0.05, 0) is 25.3 Å². The minimum absolute atomic E-state index is 0.190. The Hall–Kier alpha value is -2.57. The van der Waals surface area contributed by atoms with Gasteiger partial charge in [0.05, 0.1) is 24.3 Å². The van der Waals surface area contributed by atoms with Gasteiger partial charge in [0.1, 0.15) is 17.3 Å². The molecule has 194 valence electrons. The second-order valence-corrected chi connectivity index (χ2v) is 10.9. The van der Waals surface area contributed by atoms with E-state index in [1.165, 1.54) is 14.2 Å². The average Bonchev–Trinajstić information content (AvgIpc) is 3.28. The first-order valence-electron chi connectivity index (χ1n) is 11.1. The lowest BCUT2D eigenvalue weighted by molar-refractivity contribution is 0.231. The summed E-state index contributed by atoms with van der Waals surface area (Å²) in [5.41, 5.74) is 1.44. The SMILES string of the molecule is C=CS(=O)(=O)N[C@H]1CCC[C@H]1Nc1ncc2c(n1)N(C)C(O)C(c1c(Cl)c(OC)cc(OC)c1Cl)=C2. The quantitative estimate of drug-likeness (QED) is 0.448. The fourth-order valence-electron chi connectivity index (χ4n) is 4.44. The summed E-state index contributed by atoms with van der Waals surface area (Å²) < 4.78 is 37.2. The molecule has 0 amide bonds. The van der Waals surface area contributed by atoms with E-state index >= 15 is 0 Å². The number of nitrogens with zero attached hydrogens (tertiary/aromatic N) is 3. The van der Waals surface area contributed by atoms with E-state index in [1.54, 1.807) is 30.3 Å². The number of rotatable bonds is 8. The van der Waals surface area contributed by atoms with E-state index in [2.05, 4.69) is 26.6 Å². The number of hydrogen-bond donors (Lipinski definition) is 3. The van der Waals surface area contributed by atoms with Crippen LogP contribution in [-0.2, 0) is 10.0 Å². The van der Waals surface area contributed by atoms with E-state index in [4.69, 9.17) is 32.7 Å². The first-order valence-corrected chi connectivity index (χ1v) is 13.4. The Labute approximate surface area is 220 Å². The fraction of sp³-hybridized carbons (Fsp3) is 0.391. The molecule has 1 aromatic heterocycles. The van der Waals surface area contributed by atoms with Crippen molar-refractivity contribution in [2.75, 3.05) is 31.5 Å². The molecule has 2 heterocycles. The Morgan fingerprint density at radius 2 is 1.83 bits per heavy atom. The maximum Gasteiger partial charge on any atom is 0.233 e. The van der Waals surface area contributed by atoms with Gasteiger partial charge in [-0.15, -0.1) is 0 Å². The molecular weight excluding hydrogens is 529 g/mol. The van der Waals surface area contributed by atoms with Crippen LogP contribution >= 0.6 is 23.2 Å². The van der Waals surface area contributed by atoms with Crippen molar-refractivity contribution in [3.63, 3.8) is 0 Å². The normalized spacial score (nSPS) is 21.6. The minimum Gasteiger partial charge on any atom is -0.495 e. The van der Waals surface area contributed by atoms with E-state index in [1.807, 2.05) is 0 Å². The zero-order valence-electron chi connectivity index (χ0n) is 20.0. The lowest BCUT2D eigenvalue weighted by Gasteiger charge is -2.33. The van der Waals surface area contributed by atoms with Crippen molar-refractivity contribution in [3.8, 4) is 11.5 Å². The molecule has 3 N–H and O–H groups in total. The lowest BCUT2D eigenvalue weighted by Crippen LogP contribution is -2.43. The predicted octanol–water partition coefficient (Wildman–Crippen LogP) is 3.51. The molecule has 1 fully saturated rings. The van der Waals surface area contributed by atoms with Crippen molar-refractivity contribution in [1.29, 1.82) is 0 Å². The van der Waals surface area contributed by atoms with Crippen molar-refractivity contribution >= 4 is 56.6 Å². The highest BCUT2D eigenvalue weighted by atomic mass is 35.5. The van der Waals surface area contributed by atoms with Crippen LogP contribution in [0.15, 0.2) is 24.3 Å². The van der Waals surface area contributed by atoms with Crippen molar-refractivity contribution in [2.45, 2.75) is 37.6 Å². The van der Waals surface area contributed by atoms with E-state index < -0.39 is 16.3 Å². The first-order chi connectivity index (χ1) is 17.1. The van der Waals surface area contributed by atoms with Gasteiger partial charge in [-0.1, -0.05) is 29.8 Å². The van der Waals surface area contributed by atoms with Gasteiger partial charge >= 0.3 is 0 Å².